The third kappa shape index (κ3) is 4.82. The summed E-state index contributed by atoms with van der Waals surface area (Å²) in [4.78, 5) is 25.5. The lowest BCUT2D eigenvalue weighted by molar-refractivity contribution is -0.141. The van der Waals surface area contributed by atoms with Crippen molar-refractivity contribution in [2.45, 2.75) is 44.0 Å². The first-order chi connectivity index (χ1) is 12.2. The second-order valence-electron chi connectivity index (χ2n) is 6.78. The minimum Gasteiger partial charge on any atom is -0.481 e. The van der Waals surface area contributed by atoms with Crippen LogP contribution in [0.1, 0.15) is 33.1 Å². The van der Waals surface area contributed by atoms with E-state index in [2.05, 4.69) is 0 Å². The summed E-state index contributed by atoms with van der Waals surface area (Å²) in [5, 5.41) is 8.89. The Balaban J connectivity index is 2.13. The van der Waals surface area contributed by atoms with Crippen LogP contribution in [0, 0.1) is 5.92 Å². The van der Waals surface area contributed by atoms with Crippen molar-refractivity contribution in [2.24, 2.45) is 5.92 Å². The number of nitrogens with zero attached hydrogens (tertiary/aromatic N) is 2. The smallest absolute Gasteiger partial charge is 0.305 e. The number of hydrogen-bond acceptors (Lipinski definition) is 4. The molecular weight excluding hydrogens is 356 g/mol. The number of carbonyl (C=O) groups excluding carboxylic acids is 1. The van der Waals surface area contributed by atoms with Gasteiger partial charge >= 0.3 is 5.97 Å². The standard InChI is InChI=1S/C18H26N2O5S/c1-14(2)20(12-10-17(21)22)18(23)15-7-6-11-19(13-15)26(24,25)16-8-4-3-5-9-16/h3-5,8-9,14-15H,6-7,10-13H2,1-2H3,(H,21,22). The normalized spacial score (nSPS) is 18.7. The van der Waals surface area contributed by atoms with E-state index in [1.54, 1.807) is 30.3 Å². The fraction of sp³-hybridized carbons (Fsp3) is 0.556. The molecule has 0 radical (unpaired) electrons. The Labute approximate surface area is 154 Å². The van der Waals surface area contributed by atoms with Crippen LogP contribution < -0.4 is 0 Å². The molecule has 2 rings (SSSR count). The number of carboxylic acids is 1. The van der Waals surface area contributed by atoms with Gasteiger partial charge < -0.3 is 10.0 Å². The highest BCUT2D eigenvalue weighted by molar-refractivity contribution is 7.89. The fourth-order valence-corrected chi connectivity index (χ4v) is 4.72. The quantitative estimate of drug-likeness (QED) is 0.776. The molecule has 0 saturated carbocycles. The van der Waals surface area contributed by atoms with Gasteiger partial charge in [-0.3, -0.25) is 9.59 Å². The number of rotatable bonds is 7. The lowest BCUT2D eigenvalue weighted by Gasteiger charge is -2.35. The van der Waals surface area contributed by atoms with Crippen LogP contribution in [0.5, 0.6) is 0 Å². The molecule has 1 aliphatic heterocycles. The molecular formula is C18H26N2O5S. The SMILES string of the molecule is CC(C)N(CCC(=O)O)C(=O)C1CCCN(S(=O)(=O)c2ccccc2)C1. The van der Waals surface area contributed by atoms with E-state index < -0.39 is 21.9 Å². The molecule has 7 nitrogen and oxygen atoms in total. The maximum Gasteiger partial charge on any atom is 0.305 e. The van der Waals surface area contributed by atoms with E-state index in [4.69, 9.17) is 5.11 Å². The van der Waals surface area contributed by atoms with Crippen LogP contribution in [0.15, 0.2) is 35.2 Å². The van der Waals surface area contributed by atoms with Crippen LogP contribution in [-0.4, -0.2) is 60.3 Å². The predicted molar refractivity (Wildman–Crippen MR) is 97.0 cm³/mol. The molecule has 1 atom stereocenters. The maximum absolute atomic E-state index is 12.9. The van der Waals surface area contributed by atoms with Crippen LogP contribution in [0.25, 0.3) is 0 Å². The number of carboxylic acid groups (broad SMARTS) is 1. The van der Waals surface area contributed by atoms with E-state index >= 15 is 0 Å². The molecule has 0 bridgehead atoms. The van der Waals surface area contributed by atoms with Crippen molar-refractivity contribution < 1.29 is 23.1 Å². The summed E-state index contributed by atoms with van der Waals surface area (Å²) in [5.41, 5.74) is 0. The third-order valence-corrected chi connectivity index (χ3v) is 6.47. The zero-order valence-electron chi connectivity index (χ0n) is 15.2. The number of carbonyl (C=O) groups is 2. The minimum absolute atomic E-state index is 0.122. The van der Waals surface area contributed by atoms with E-state index in [0.29, 0.717) is 19.4 Å². The third-order valence-electron chi connectivity index (χ3n) is 4.59. The zero-order chi connectivity index (χ0) is 19.3. The first-order valence-corrected chi connectivity index (χ1v) is 10.2. The van der Waals surface area contributed by atoms with Gasteiger partial charge in [0.25, 0.3) is 0 Å². The Kier molecular flexibility index (Phi) is 6.77. The number of piperidine rings is 1. The second kappa shape index (κ2) is 8.64. The van der Waals surface area contributed by atoms with Gasteiger partial charge in [-0.25, -0.2) is 8.42 Å². The summed E-state index contributed by atoms with van der Waals surface area (Å²) in [6.45, 7) is 4.32. The van der Waals surface area contributed by atoms with Crippen molar-refractivity contribution in [1.82, 2.24) is 9.21 Å². The average molecular weight is 382 g/mol. The zero-order valence-corrected chi connectivity index (χ0v) is 16.0. The predicted octanol–water partition coefficient (Wildman–Crippen LogP) is 1.80. The van der Waals surface area contributed by atoms with Crippen molar-refractivity contribution in [3.05, 3.63) is 30.3 Å². The van der Waals surface area contributed by atoms with Crippen LogP contribution in [0.3, 0.4) is 0 Å². The van der Waals surface area contributed by atoms with Gasteiger partial charge in [0.15, 0.2) is 0 Å². The lowest BCUT2D eigenvalue weighted by atomic mass is 9.97. The first-order valence-electron chi connectivity index (χ1n) is 8.81. The Morgan fingerprint density at radius 2 is 1.92 bits per heavy atom. The molecule has 1 aliphatic rings. The summed E-state index contributed by atoms with van der Waals surface area (Å²) < 4.78 is 27.0. The van der Waals surface area contributed by atoms with Gasteiger partial charge in [-0.05, 0) is 38.8 Å². The second-order valence-corrected chi connectivity index (χ2v) is 8.72. The molecule has 26 heavy (non-hydrogen) atoms. The summed E-state index contributed by atoms with van der Waals surface area (Å²) >= 11 is 0. The molecule has 1 amide bonds. The molecule has 0 aliphatic carbocycles. The molecule has 1 heterocycles. The number of aliphatic carboxylic acids is 1. The average Bonchev–Trinajstić information content (AvgIpc) is 2.62. The largest absolute Gasteiger partial charge is 0.481 e. The van der Waals surface area contributed by atoms with E-state index in [9.17, 15) is 18.0 Å². The van der Waals surface area contributed by atoms with Gasteiger partial charge in [0.2, 0.25) is 15.9 Å². The number of amides is 1. The van der Waals surface area contributed by atoms with Crippen molar-refractivity contribution in [3.63, 3.8) is 0 Å². The van der Waals surface area contributed by atoms with Crippen LogP contribution in [0.2, 0.25) is 0 Å². The minimum atomic E-state index is -3.63. The topological polar surface area (TPSA) is 95.0 Å². The molecule has 1 unspecified atom stereocenters. The Morgan fingerprint density at radius 1 is 1.27 bits per heavy atom. The van der Waals surface area contributed by atoms with Crippen molar-refractivity contribution >= 4 is 21.9 Å². The number of hydrogen-bond donors (Lipinski definition) is 1. The molecule has 1 saturated heterocycles. The van der Waals surface area contributed by atoms with Gasteiger partial charge in [-0.15, -0.1) is 0 Å². The summed E-state index contributed by atoms with van der Waals surface area (Å²) in [7, 11) is -3.63. The van der Waals surface area contributed by atoms with E-state index in [1.165, 1.54) is 9.21 Å². The Hall–Kier alpha value is -1.93. The summed E-state index contributed by atoms with van der Waals surface area (Å²) in [5.74, 6) is -1.58. The molecule has 0 aromatic heterocycles. The Morgan fingerprint density at radius 3 is 2.50 bits per heavy atom. The highest BCUT2D eigenvalue weighted by atomic mass is 32.2. The van der Waals surface area contributed by atoms with E-state index in [0.717, 1.165) is 0 Å². The maximum atomic E-state index is 12.9. The van der Waals surface area contributed by atoms with Crippen molar-refractivity contribution in [2.75, 3.05) is 19.6 Å². The summed E-state index contributed by atoms with van der Waals surface area (Å²) in [6.07, 6.45) is 1.09. The van der Waals surface area contributed by atoms with Gasteiger partial charge in [0, 0.05) is 25.7 Å². The highest BCUT2D eigenvalue weighted by Crippen LogP contribution is 2.25. The van der Waals surface area contributed by atoms with Crippen LogP contribution >= 0.6 is 0 Å². The van der Waals surface area contributed by atoms with Crippen molar-refractivity contribution in [1.29, 1.82) is 0 Å². The van der Waals surface area contributed by atoms with Crippen LogP contribution in [-0.2, 0) is 19.6 Å². The Bertz CT molecular complexity index is 733. The van der Waals surface area contributed by atoms with E-state index in [1.807, 2.05) is 13.8 Å². The molecule has 1 aromatic rings. The molecule has 0 spiro atoms. The van der Waals surface area contributed by atoms with Crippen LogP contribution in [0.4, 0.5) is 0 Å². The fourth-order valence-electron chi connectivity index (χ4n) is 3.18. The van der Waals surface area contributed by atoms with Crippen molar-refractivity contribution in [3.8, 4) is 0 Å². The monoisotopic (exact) mass is 382 g/mol. The van der Waals surface area contributed by atoms with Gasteiger partial charge in [-0.2, -0.15) is 4.31 Å². The van der Waals surface area contributed by atoms with Gasteiger partial charge in [-0.1, -0.05) is 18.2 Å². The summed E-state index contributed by atoms with van der Waals surface area (Å²) in [6, 6.07) is 8.06. The van der Waals surface area contributed by atoms with Gasteiger partial charge in [0.1, 0.15) is 0 Å². The number of sulfonamides is 1. The molecule has 1 aromatic carbocycles. The van der Waals surface area contributed by atoms with E-state index in [-0.39, 0.29) is 36.4 Å². The van der Waals surface area contributed by atoms with Gasteiger partial charge in [0.05, 0.1) is 17.2 Å². The highest BCUT2D eigenvalue weighted by Gasteiger charge is 2.35. The molecule has 8 heteroatoms. The molecule has 1 N–H and O–H groups in total. The molecule has 1 fully saturated rings. The first kappa shape index (κ1) is 20.4. The molecule has 144 valence electrons. The lowest BCUT2D eigenvalue weighted by Crippen LogP contribution is -2.48. The number of benzene rings is 1.